The summed E-state index contributed by atoms with van der Waals surface area (Å²) in [6, 6.07) is 9.35. The van der Waals surface area contributed by atoms with Gasteiger partial charge in [-0.2, -0.15) is 10.5 Å². The van der Waals surface area contributed by atoms with Crippen molar-refractivity contribution in [3.63, 3.8) is 0 Å². The lowest BCUT2D eigenvalue weighted by atomic mass is 9.80. The molecule has 0 aliphatic rings. The van der Waals surface area contributed by atoms with Gasteiger partial charge in [-0.1, -0.05) is 29.3 Å². The fraction of sp³-hybridized carbons (Fsp3) is 0.333. The molecule has 0 aromatic heterocycles. The zero-order valence-corrected chi connectivity index (χ0v) is 10.3. The summed E-state index contributed by atoms with van der Waals surface area (Å²) in [5.41, 5.74) is -0.207. The Hall–Kier alpha value is -1.22. The van der Waals surface area contributed by atoms with Gasteiger partial charge in [0.1, 0.15) is 0 Å². The van der Waals surface area contributed by atoms with Crippen molar-refractivity contribution in [1.82, 2.24) is 0 Å². The monoisotopic (exact) mass is 252 g/mol. The van der Waals surface area contributed by atoms with Gasteiger partial charge in [-0.05, 0) is 25.5 Å². The Balaban J connectivity index is 3.24. The molecule has 4 heteroatoms. The van der Waals surface area contributed by atoms with E-state index in [0.29, 0.717) is 28.5 Å². The molecule has 1 aromatic rings. The Morgan fingerprint density at radius 3 is 2.25 bits per heavy atom. The minimum Gasteiger partial charge on any atom is -0.198 e. The van der Waals surface area contributed by atoms with Crippen LogP contribution in [0.15, 0.2) is 18.2 Å². The standard InChI is InChI=1S/C12H10Cl2N2/c1-12(8-16,6-3-7-15)11-9(13)4-2-5-10(11)14/h2,4-5H,3,6H2,1H3. The van der Waals surface area contributed by atoms with E-state index in [9.17, 15) is 5.26 Å². The normalized spacial score (nSPS) is 13.6. The zero-order chi connectivity index (χ0) is 12.2. The summed E-state index contributed by atoms with van der Waals surface area (Å²) in [5, 5.41) is 18.8. The van der Waals surface area contributed by atoms with Gasteiger partial charge in [-0.15, -0.1) is 0 Å². The third-order valence-corrected chi connectivity index (χ3v) is 3.13. The predicted molar refractivity (Wildman–Crippen MR) is 64.3 cm³/mol. The van der Waals surface area contributed by atoms with Crippen molar-refractivity contribution in [2.24, 2.45) is 0 Å². The highest BCUT2D eigenvalue weighted by atomic mass is 35.5. The van der Waals surface area contributed by atoms with Gasteiger partial charge in [-0.3, -0.25) is 0 Å². The Morgan fingerprint density at radius 1 is 1.25 bits per heavy atom. The topological polar surface area (TPSA) is 47.6 Å². The van der Waals surface area contributed by atoms with E-state index in [0.717, 1.165) is 0 Å². The highest BCUT2D eigenvalue weighted by Gasteiger charge is 2.30. The van der Waals surface area contributed by atoms with Crippen LogP contribution in [0.3, 0.4) is 0 Å². The molecule has 0 bridgehead atoms. The second-order valence-corrected chi connectivity index (χ2v) is 4.51. The maximum Gasteiger partial charge on any atom is 0.0833 e. The number of hydrogen-bond acceptors (Lipinski definition) is 2. The van der Waals surface area contributed by atoms with Gasteiger partial charge in [0.15, 0.2) is 0 Å². The van der Waals surface area contributed by atoms with Crippen LogP contribution in [0, 0.1) is 22.7 Å². The van der Waals surface area contributed by atoms with Crippen molar-refractivity contribution in [3.05, 3.63) is 33.8 Å². The quantitative estimate of drug-likeness (QED) is 0.814. The van der Waals surface area contributed by atoms with Crippen LogP contribution in [0.2, 0.25) is 10.0 Å². The molecular weight excluding hydrogens is 243 g/mol. The zero-order valence-electron chi connectivity index (χ0n) is 8.80. The molecule has 0 aliphatic carbocycles. The van der Waals surface area contributed by atoms with Crippen LogP contribution in [-0.4, -0.2) is 0 Å². The largest absolute Gasteiger partial charge is 0.198 e. The third kappa shape index (κ3) is 2.47. The number of nitrogens with zero attached hydrogens (tertiary/aromatic N) is 2. The van der Waals surface area contributed by atoms with Gasteiger partial charge < -0.3 is 0 Å². The van der Waals surface area contributed by atoms with Gasteiger partial charge in [0.25, 0.3) is 0 Å². The van der Waals surface area contributed by atoms with Crippen LogP contribution in [-0.2, 0) is 5.41 Å². The van der Waals surface area contributed by atoms with Crippen molar-refractivity contribution in [1.29, 1.82) is 10.5 Å². The summed E-state index contributed by atoms with van der Waals surface area (Å²) >= 11 is 12.1. The number of nitriles is 2. The van der Waals surface area contributed by atoms with E-state index in [1.165, 1.54) is 0 Å². The molecule has 0 aliphatic heterocycles. The molecule has 16 heavy (non-hydrogen) atoms. The Morgan fingerprint density at radius 2 is 1.81 bits per heavy atom. The van der Waals surface area contributed by atoms with Gasteiger partial charge in [0.05, 0.1) is 17.6 Å². The van der Waals surface area contributed by atoms with E-state index in [1.807, 2.05) is 6.07 Å². The van der Waals surface area contributed by atoms with Crippen molar-refractivity contribution in [2.45, 2.75) is 25.2 Å². The van der Waals surface area contributed by atoms with Crippen LogP contribution < -0.4 is 0 Å². The molecule has 0 radical (unpaired) electrons. The second kappa shape index (κ2) is 5.21. The summed E-state index contributed by atoms with van der Waals surface area (Å²) in [6.07, 6.45) is 0.717. The molecule has 1 rings (SSSR count). The van der Waals surface area contributed by atoms with Crippen molar-refractivity contribution < 1.29 is 0 Å². The van der Waals surface area contributed by atoms with Crippen LogP contribution >= 0.6 is 23.2 Å². The summed E-state index contributed by atoms with van der Waals surface area (Å²) in [5.74, 6) is 0. The lowest BCUT2D eigenvalue weighted by molar-refractivity contribution is 0.563. The molecule has 82 valence electrons. The lowest BCUT2D eigenvalue weighted by Crippen LogP contribution is -2.20. The lowest BCUT2D eigenvalue weighted by Gasteiger charge is -2.23. The van der Waals surface area contributed by atoms with Crippen LogP contribution in [0.1, 0.15) is 25.3 Å². The number of rotatable bonds is 3. The van der Waals surface area contributed by atoms with Gasteiger partial charge in [0.2, 0.25) is 0 Å². The smallest absolute Gasteiger partial charge is 0.0833 e. The minimum atomic E-state index is -0.814. The summed E-state index contributed by atoms with van der Waals surface area (Å²) < 4.78 is 0. The van der Waals surface area contributed by atoms with E-state index in [1.54, 1.807) is 25.1 Å². The SMILES string of the molecule is CC(C#N)(CCC#N)c1c(Cl)cccc1Cl. The Kier molecular flexibility index (Phi) is 4.19. The highest BCUT2D eigenvalue weighted by Crippen LogP contribution is 2.38. The molecule has 0 heterocycles. The number of halogens is 2. The Labute approximate surface area is 105 Å². The average Bonchev–Trinajstić information content (AvgIpc) is 2.26. The summed E-state index contributed by atoms with van der Waals surface area (Å²) in [7, 11) is 0. The van der Waals surface area contributed by atoms with E-state index < -0.39 is 5.41 Å². The van der Waals surface area contributed by atoms with E-state index in [4.69, 9.17) is 28.5 Å². The molecule has 0 amide bonds. The van der Waals surface area contributed by atoms with E-state index >= 15 is 0 Å². The molecule has 0 saturated heterocycles. The molecule has 1 unspecified atom stereocenters. The molecule has 0 spiro atoms. The maximum absolute atomic E-state index is 9.24. The molecule has 0 N–H and O–H groups in total. The van der Waals surface area contributed by atoms with Gasteiger partial charge >= 0.3 is 0 Å². The third-order valence-electron chi connectivity index (χ3n) is 2.50. The van der Waals surface area contributed by atoms with Crippen LogP contribution in [0.5, 0.6) is 0 Å². The molecular formula is C12H10Cl2N2. The second-order valence-electron chi connectivity index (χ2n) is 3.70. The summed E-state index contributed by atoms with van der Waals surface area (Å²) in [4.78, 5) is 0. The van der Waals surface area contributed by atoms with Crippen molar-refractivity contribution >= 4 is 23.2 Å². The fourth-order valence-electron chi connectivity index (χ4n) is 1.57. The first-order valence-electron chi connectivity index (χ1n) is 4.78. The first-order chi connectivity index (χ1) is 7.55. The van der Waals surface area contributed by atoms with E-state index in [-0.39, 0.29) is 0 Å². The molecule has 1 atom stereocenters. The molecule has 1 aromatic carbocycles. The fourth-order valence-corrected chi connectivity index (χ4v) is 2.38. The molecule has 2 nitrogen and oxygen atoms in total. The number of hydrogen-bond donors (Lipinski definition) is 0. The first kappa shape index (κ1) is 12.8. The first-order valence-corrected chi connectivity index (χ1v) is 5.53. The maximum atomic E-state index is 9.24. The van der Waals surface area contributed by atoms with E-state index in [2.05, 4.69) is 6.07 Å². The van der Waals surface area contributed by atoms with Gasteiger partial charge in [-0.25, -0.2) is 0 Å². The Bertz CT molecular complexity index is 451. The van der Waals surface area contributed by atoms with Crippen molar-refractivity contribution in [3.8, 4) is 12.1 Å². The number of benzene rings is 1. The molecule has 0 saturated carbocycles. The predicted octanol–water partition coefficient (Wildman–Crippen LogP) is 4.08. The van der Waals surface area contributed by atoms with Crippen LogP contribution in [0.25, 0.3) is 0 Å². The summed E-state index contributed by atoms with van der Waals surface area (Å²) in [6.45, 7) is 1.75. The molecule has 0 fully saturated rings. The van der Waals surface area contributed by atoms with Crippen molar-refractivity contribution in [2.75, 3.05) is 0 Å². The highest BCUT2D eigenvalue weighted by molar-refractivity contribution is 6.36. The van der Waals surface area contributed by atoms with Gasteiger partial charge in [0, 0.05) is 22.0 Å². The minimum absolute atomic E-state index is 0.297. The van der Waals surface area contributed by atoms with Crippen LogP contribution in [0.4, 0.5) is 0 Å². The average molecular weight is 253 g/mol.